The Morgan fingerprint density at radius 2 is 2.36 bits per heavy atom. The van der Waals surface area contributed by atoms with E-state index < -0.39 is 9.04 Å². The van der Waals surface area contributed by atoms with Gasteiger partial charge >= 0.3 is 5.97 Å². The van der Waals surface area contributed by atoms with Crippen LogP contribution >= 0.6 is 0 Å². The first-order valence-corrected chi connectivity index (χ1v) is 7.25. The molecule has 0 aromatic rings. The van der Waals surface area contributed by atoms with E-state index in [1.165, 1.54) is 18.9 Å². The van der Waals surface area contributed by atoms with Crippen LogP contribution in [-0.2, 0) is 14.0 Å². The molecule has 80 valence electrons. The number of hydrogen-bond donors (Lipinski definition) is 0. The van der Waals surface area contributed by atoms with Gasteiger partial charge in [0.05, 0.1) is 6.61 Å². The molecule has 0 saturated carbocycles. The molecule has 1 rings (SSSR count). The Hall–Kier alpha value is -0.613. The average Bonchev–Trinajstić information content (AvgIpc) is 2.19. The van der Waals surface area contributed by atoms with Crippen molar-refractivity contribution in [2.24, 2.45) is 0 Å². The second-order valence-electron chi connectivity index (χ2n) is 3.69. The van der Waals surface area contributed by atoms with Crippen molar-refractivity contribution in [1.29, 1.82) is 0 Å². The highest BCUT2D eigenvalue weighted by Crippen LogP contribution is 2.14. The van der Waals surface area contributed by atoms with Gasteiger partial charge in [0.2, 0.25) is 0 Å². The first kappa shape index (κ1) is 11.5. The highest BCUT2D eigenvalue weighted by molar-refractivity contribution is 6.52. The Labute approximate surface area is 86.8 Å². The van der Waals surface area contributed by atoms with E-state index in [4.69, 9.17) is 9.16 Å². The van der Waals surface area contributed by atoms with Gasteiger partial charge in [-0.05, 0) is 25.4 Å². The third-order valence-corrected chi connectivity index (χ3v) is 4.93. The summed E-state index contributed by atoms with van der Waals surface area (Å²) in [6, 6.07) is 2.17. The van der Waals surface area contributed by atoms with Crippen molar-refractivity contribution in [1.82, 2.24) is 0 Å². The molecule has 0 aromatic carbocycles. The van der Waals surface area contributed by atoms with E-state index in [-0.39, 0.29) is 5.97 Å². The van der Waals surface area contributed by atoms with E-state index in [1.807, 2.05) is 0 Å². The van der Waals surface area contributed by atoms with E-state index in [0.717, 1.165) is 12.7 Å². The van der Waals surface area contributed by atoms with Crippen LogP contribution in [0.2, 0.25) is 12.1 Å². The second-order valence-corrected chi connectivity index (χ2v) is 6.43. The number of carbonyl (C=O) groups is 1. The van der Waals surface area contributed by atoms with Gasteiger partial charge in [0.25, 0.3) is 0 Å². The first-order valence-electron chi connectivity index (χ1n) is 5.14. The topological polar surface area (TPSA) is 35.5 Å². The highest BCUT2D eigenvalue weighted by Gasteiger charge is 2.16. The molecule has 0 bridgehead atoms. The zero-order valence-electron chi connectivity index (χ0n) is 8.75. The van der Waals surface area contributed by atoms with Gasteiger partial charge in [0.1, 0.15) is 0 Å². The molecule has 3 nitrogen and oxygen atoms in total. The number of hydrogen-bond acceptors (Lipinski definition) is 3. The summed E-state index contributed by atoms with van der Waals surface area (Å²) >= 11 is 0. The van der Waals surface area contributed by atoms with Crippen LogP contribution < -0.4 is 0 Å². The highest BCUT2D eigenvalue weighted by atomic mass is 28.3. The normalized spacial score (nSPS) is 21.6. The Balaban J connectivity index is 2.08. The van der Waals surface area contributed by atoms with Crippen LogP contribution in [0.3, 0.4) is 0 Å². The summed E-state index contributed by atoms with van der Waals surface area (Å²) in [6.07, 6.45) is 2.47. The fourth-order valence-electron chi connectivity index (χ4n) is 1.44. The molecule has 1 unspecified atom stereocenters. The second kappa shape index (κ2) is 5.98. The van der Waals surface area contributed by atoms with Gasteiger partial charge < -0.3 is 9.16 Å². The molecule has 0 spiro atoms. The van der Waals surface area contributed by atoms with Gasteiger partial charge in [-0.15, -0.1) is 0 Å². The van der Waals surface area contributed by atoms with E-state index in [9.17, 15) is 4.79 Å². The first-order chi connectivity index (χ1) is 6.70. The van der Waals surface area contributed by atoms with Crippen LogP contribution in [0.25, 0.3) is 0 Å². The molecule has 0 radical (unpaired) electrons. The maximum Gasteiger partial charge on any atom is 0.333 e. The molecule has 4 heteroatoms. The van der Waals surface area contributed by atoms with Crippen molar-refractivity contribution >= 4 is 15.0 Å². The van der Waals surface area contributed by atoms with Gasteiger partial charge in [-0.2, -0.15) is 0 Å². The molecule has 14 heavy (non-hydrogen) atoms. The summed E-state index contributed by atoms with van der Waals surface area (Å²) in [5.74, 6) is -0.283. The predicted molar refractivity (Wildman–Crippen MR) is 57.7 cm³/mol. The molecule has 0 aromatic heterocycles. The van der Waals surface area contributed by atoms with Crippen LogP contribution in [0.1, 0.15) is 19.8 Å². The molecule has 1 fully saturated rings. The molecule has 1 aliphatic rings. The summed E-state index contributed by atoms with van der Waals surface area (Å²) < 4.78 is 10.7. The van der Waals surface area contributed by atoms with Gasteiger partial charge in [0.15, 0.2) is 9.04 Å². The number of esters is 1. The molecule has 0 aliphatic carbocycles. The Morgan fingerprint density at radius 1 is 1.57 bits per heavy atom. The fourth-order valence-corrected chi connectivity index (χ4v) is 3.69. The summed E-state index contributed by atoms with van der Waals surface area (Å²) in [4.78, 5) is 11.0. The molecule has 1 atom stereocenters. The molecule has 1 heterocycles. The third kappa shape index (κ3) is 4.06. The van der Waals surface area contributed by atoms with Crippen LogP contribution in [0.5, 0.6) is 0 Å². The Kier molecular flexibility index (Phi) is 4.90. The van der Waals surface area contributed by atoms with E-state index in [1.54, 1.807) is 6.92 Å². The lowest BCUT2D eigenvalue weighted by molar-refractivity contribution is -0.138. The van der Waals surface area contributed by atoms with Crippen LogP contribution in [-0.4, -0.2) is 28.2 Å². The fraction of sp³-hybridized carbons (Fsp3) is 0.700. The van der Waals surface area contributed by atoms with Crippen molar-refractivity contribution in [3.63, 3.8) is 0 Å². The summed E-state index contributed by atoms with van der Waals surface area (Å²) in [5.41, 5.74) is 0.469. The average molecular weight is 214 g/mol. The number of carbonyl (C=O) groups excluding carboxylic acids is 1. The summed E-state index contributed by atoms with van der Waals surface area (Å²) in [5, 5.41) is 0. The molecular weight excluding hydrogens is 196 g/mol. The lowest BCUT2D eigenvalue weighted by Gasteiger charge is -2.20. The van der Waals surface area contributed by atoms with Crippen molar-refractivity contribution in [2.45, 2.75) is 31.9 Å². The molecule has 1 saturated heterocycles. The van der Waals surface area contributed by atoms with Gasteiger partial charge in [-0.3, -0.25) is 0 Å². The molecule has 0 amide bonds. The minimum atomic E-state index is -1.02. The van der Waals surface area contributed by atoms with E-state index in [2.05, 4.69) is 6.58 Å². The zero-order valence-corrected chi connectivity index (χ0v) is 9.91. The van der Waals surface area contributed by atoms with Crippen LogP contribution in [0.4, 0.5) is 0 Å². The van der Waals surface area contributed by atoms with Crippen LogP contribution in [0, 0.1) is 0 Å². The lowest BCUT2D eigenvalue weighted by Crippen LogP contribution is -2.25. The van der Waals surface area contributed by atoms with Crippen LogP contribution in [0.15, 0.2) is 12.2 Å². The van der Waals surface area contributed by atoms with Gasteiger partial charge in [-0.25, -0.2) is 4.79 Å². The van der Waals surface area contributed by atoms with Crippen molar-refractivity contribution < 1.29 is 14.0 Å². The number of rotatable bonds is 4. The lowest BCUT2D eigenvalue weighted by atomic mass is 10.4. The minimum absolute atomic E-state index is 0.283. The quantitative estimate of drug-likeness (QED) is 0.405. The maximum atomic E-state index is 11.0. The van der Waals surface area contributed by atoms with Crippen molar-refractivity contribution in [3.05, 3.63) is 12.2 Å². The van der Waals surface area contributed by atoms with Gasteiger partial charge in [0, 0.05) is 12.2 Å². The predicted octanol–water partition coefficient (Wildman–Crippen LogP) is 1.64. The van der Waals surface area contributed by atoms with E-state index >= 15 is 0 Å². The van der Waals surface area contributed by atoms with Crippen molar-refractivity contribution in [3.8, 4) is 0 Å². The zero-order chi connectivity index (χ0) is 10.4. The SMILES string of the molecule is C=C(C)C(=O)OCC[SiH]1CCCCO1. The standard InChI is InChI=1S/C10H18O3Si/c1-9(2)10(11)12-6-8-14-7-4-3-5-13-14/h14H,1,3-8H2,2H3. The maximum absolute atomic E-state index is 11.0. The minimum Gasteiger partial charge on any atom is -0.463 e. The number of ether oxygens (including phenoxy) is 1. The smallest absolute Gasteiger partial charge is 0.333 e. The Morgan fingerprint density at radius 3 is 2.93 bits per heavy atom. The van der Waals surface area contributed by atoms with Gasteiger partial charge in [-0.1, -0.05) is 13.0 Å². The summed E-state index contributed by atoms with van der Waals surface area (Å²) in [7, 11) is -1.02. The van der Waals surface area contributed by atoms with E-state index in [0.29, 0.717) is 12.2 Å². The van der Waals surface area contributed by atoms with Crippen molar-refractivity contribution in [2.75, 3.05) is 13.2 Å². The monoisotopic (exact) mass is 214 g/mol. The summed E-state index contributed by atoms with van der Waals surface area (Å²) in [6.45, 7) is 6.60. The Bertz CT molecular complexity index is 209. The third-order valence-electron chi connectivity index (χ3n) is 2.30. The molecular formula is C10H18O3Si. The molecule has 1 aliphatic heterocycles. The molecule has 0 N–H and O–H groups in total. The largest absolute Gasteiger partial charge is 0.463 e.